The van der Waals surface area contributed by atoms with Crippen LogP contribution in [0.15, 0.2) is 22.7 Å². The molecule has 1 aliphatic heterocycles. The monoisotopic (exact) mass is 411 g/mol. The van der Waals surface area contributed by atoms with Crippen molar-refractivity contribution in [1.29, 1.82) is 0 Å². The Morgan fingerprint density at radius 1 is 1.21 bits per heavy atom. The van der Waals surface area contributed by atoms with Crippen LogP contribution in [0.5, 0.6) is 11.5 Å². The molecule has 0 radical (unpaired) electrons. The van der Waals surface area contributed by atoms with Gasteiger partial charge in [-0.25, -0.2) is 4.79 Å². The number of benzene rings is 1. The van der Waals surface area contributed by atoms with Gasteiger partial charge in [0, 0.05) is 4.47 Å². The van der Waals surface area contributed by atoms with Crippen molar-refractivity contribution >= 4 is 22.0 Å². The number of likely N-dealkylation sites (tertiary alicyclic amines) is 1. The number of hydrogen-bond acceptors (Lipinski definition) is 4. The summed E-state index contributed by atoms with van der Waals surface area (Å²) in [6.07, 6.45) is -5.72. The van der Waals surface area contributed by atoms with Crippen molar-refractivity contribution in [2.75, 3.05) is 13.1 Å². The largest absolute Gasteiger partial charge is 0.573 e. The predicted octanol–water partition coefficient (Wildman–Crippen LogP) is 4.35. The fourth-order valence-corrected chi connectivity index (χ4v) is 2.29. The SMILES string of the molecule is CC(C)(C)OC(=O)N1CC(Oc2cc(Br)ccc2OC(F)(F)F)C1. The van der Waals surface area contributed by atoms with Gasteiger partial charge in [0.05, 0.1) is 13.1 Å². The summed E-state index contributed by atoms with van der Waals surface area (Å²) in [4.78, 5) is 13.2. The van der Waals surface area contributed by atoms with Crippen molar-refractivity contribution in [2.45, 2.75) is 38.8 Å². The Bertz CT molecular complexity index is 610. The zero-order valence-corrected chi connectivity index (χ0v) is 14.9. The Hall–Kier alpha value is -1.64. The quantitative estimate of drug-likeness (QED) is 0.741. The molecule has 1 fully saturated rings. The van der Waals surface area contributed by atoms with E-state index in [0.717, 1.165) is 6.07 Å². The van der Waals surface area contributed by atoms with Crippen LogP contribution in [-0.4, -0.2) is 42.2 Å². The van der Waals surface area contributed by atoms with Crippen molar-refractivity contribution in [3.05, 3.63) is 22.7 Å². The minimum absolute atomic E-state index is 0.0458. The number of carbonyl (C=O) groups is 1. The predicted molar refractivity (Wildman–Crippen MR) is 83.0 cm³/mol. The second kappa shape index (κ2) is 6.70. The van der Waals surface area contributed by atoms with Crippen LogP contribution < -0.4 is 9.47 Å². The summed E-state index contributed by atoms with van der Waals surface area (Å²) in [6.45, 7) is 5.71. The first-order chi connectivity index (χ1) is 10.9. The lowest BCUT2D eigenvalue weighted by atomic mass is 10.1. The minimum atomic E-state index is -4.81. The third-order valence-electron chi connectivity index (χ3n) is 2.92. The lowest BCUT2D eigenvalue weighted by Crippen LogP contribution is -2.57. The van der Waals surface area contributed by atoms with E-state index in [2.05, 4.69) is 20.7 Å². The highest BCUT2D eigenvalue weighted by atomic mass is 79.9. The van der Waals surface area contributed by atoms with Gasteiger partial charge in [-0.2, -0.15) is 0 Å². The van der Waals surface area contributed by atoms with Gasteiger partial charge in [0.2, 0.25) is 0 Å². The molecule has 134 valence electrons. The lowest BCUT2D eigenvalue weighted by molar-refractivity contribution is -0.275. The number of amides is 1. The number of ether oxygens (including phenoxy) is 3. The first-order valence-corrected chi connectivity index (χ1v) is 7.92. The number of alkyl halides is 3. The maximum Gasteiger partial charge on any atom is 0.573 e. The van der Waals surface area contributed by atoms with Gasteiger partial charge in [-0.05, 0) is 39.0 Å². The summed E-state index contributed by atoms with van der Waals surface area (Å²) < 4.78 is 52.5. The van der Waals surface area contributed by atoms with E-state index in [9.17, 15) is 18.0 Å². The summed E-state index contributed by atoms with van der Waals surface area (Å²) in [5.74, 6) is -0.475. The molecule has 0 N–H and O–H groups in total. The molecule has 0 unspecified atom stereocenters. The number of carbonyl (C=O) groups excluding carboxylic acids is 1. The van der Waals surface area contributed by atoms with Crippen LogP contribution in [0.4, 0.5) is 18.0 Å². The average molecular weight is 412 g/mol. The molecule has 0 atom stereocenters. The second-order valence-corrected chi connectivity index (χ2v) is 7.18. The van der Waals surface area contributed by atoms with Crippen LogP contribution >= 0.6 is 15.9 Å². The molecule has 2 rings (SSSR count). The van der Waals surface area contributed by atoms with Gasteiger partial charge >= 0.3 is 12.5 Å². The molecule has 0 bridgehead atoms. The summed E-state index contributed by atoms with van der Waals surface area (Å²) in [5, 5.41) is 0. The second-order valence-electron chi connectivity index (χ2n) is 6.26. The molecule has 0 aromatic heterocycles. The molecule has 24 heavy (non-hydrogen) atoms. The van der Waals surface area contributed by atoms with Gasteiger partial charge < -0.3 is 19.1 Å². The van der Waals surface area contributed by atoms with Gasteiger partial charge in [0.1, 0.15) is 11.7 Å². The van der Waals surface area contributed by atoms with E-state index >= 15 is 0 Å². The Morgan fingerprint density at radius 2 is 1.83 bits per heavy atom. The number of rotatable bonds is 3. The first kappa shape index (κ1) is 18.7. The highest BCUT2D eigenvalue weighted by Crippen LogP contribution is 2.36. The molecule has 0 spiro atoms. The highest BCUT2D eigenvalue weighted by molar-refractivity contribution is 9.10. The zero-order valence-electron chi connectivity index (χ0n) is 13.3. The Morgan fingerprint density at radius 3 is 2.38 bits per heavy atom. The molecule has 1 heterocycles. The number of nitrogens with zero attached hydrogens (tertiary/aromatic N) is 1. The minimum Gasteiger partial charge on any atom is -0.483 e. The van der Waals surface area contributed by atoms with E-state index in [4.69, 9.17) is 9.47 Å². The molecule has 5 nitrogen and oxygen atoms in total. The van der Waals surface area contributed by atoms with Crippen LogP contribution in [0, 0.1) is 0 Å². The van der Waals surface area contributed by atoms with Crippen LogP contribution in [0.2, 0.25) is 0 Å². The normalized spacial score (nSPS) is 15.7. The topological polar surface area (TPSA) is 48.0 Å². The van der Waals surface area contributed by atoms with Crippen molar-refractivity contribution in [1.82, 2.24) is 4.90 Å². The van der Waals surface area contributed by atoms with Crippen molar-refractivity contribution in [3.8, 4) is 11.5 Å². The van der Waals surface area contributed by atoms with Crippen LogP contribution in [0.1, 0.15) is 20.8 Å². The average Bonchev–Trinajstić information content (AvgIpc) is 2.32. The fourth-order valence-electron chi connectivity index (χ4n) is 1.95. The van der Waals surface area contributed by atoms with Crippen LogP contribution in [0.25, 0.3) is 0 Å². The summed E-state index contributed by atoms with van der Waals surface area (Å²) in [6, 6.07) is 3.97. The van der Waals surface area contributed by atoms with Crippen molar-refractivity contribution < 1.29 is 32.2 Å². The van der Waals surface area contributed by atoms with E-state index < -0.39 is 29.9 Å². The van der Waals surface area contributed by atoms with Gasteiger partial charge in [-0.15, -0.1) is 13.2 Å². The summed E-state index contributed by atoms with van der Waals surface area (Å²) in [7, 11) is 0. The molecule has 1 aliphatic rings. The smallest absolute Gasteiger partial charge is 0.483 e. The molecular weight excluding hydrogens is 395 g/mol. The maximum atomic E-state index is 12.4. The number of hydrogen-bond donors (Lipinski definition) is 0. The molecule has 1 saturated heterocycles. The Balaban J connectivity index is 1.96. The van der Waals surface area contributed by atoms with E-state index in [1.807, 2.05) is 0 Å². The van der Waals surface area contributed by atoms with Gasteiger partial charge in [-0.1, -0.05) is 15.9 Å². The van der Waals surface area contributed by atoms with E-state index in [0.29, 0.717) is 4.47 Å². The molecule has 9 heteroatoms. The third-order valence-corrected chi connectivity index (χ3v) is 3.42. The molecule has 1 amide bonds. The molecule has 0 saturated carbocycles. The Labute approximate surface area is 145 Å². The zero-order chi connectivity index (χ0) is 18.1. The standard InChI is InChI=1S/C15H17BrF3NO4/c1-14(2,3)24-13(21)20-7-10(8-20)22-12-6-9(16)4-5-11(12)23-15(17,18)19/h4-6,10H,7-8H2,1-3H3. The van der Waals surface area contributed by atoms with Crippen LogP contribution in [0.3, 0.4) is 0 Å². The van der Waals surface area contributed by atoms with E-state index in [-0.39, 0.29) is 18.8 Å². The maximum absolute atomic E-state index is 12.4. The molecular formula is C15H17BrF3NO4. The van der Waals surface area contributed by atoms with Gasteiger partial charge in [-0.3, -0.25) is 0 Å². The lowest BCUT2D eigenvalue weighted by Gasteiger charge is -2.39. The molecule has 1 aromatic carbocycles. The van der Waals surface area contributed by atoms with Crippen molar-refractivity contribution in [3.63, 3.8) is 0 Å². The van der Waals surface area contributed by atoms with E-state index in [1.165, 1.54) is 17.0 Å². The van der Waals surface area contributed by atoms with Gasteiger partial charge in [0.15, 0.2) is 11.5 Å². The van der Waals surface area contributed by atoms with E-state index in [1.54, 1.807) is 20.8 Å². The summed E-state index contributed by atoms with van der Waals surface area (Å²) >= 11 is 3.17. The highest BCUT2D eigenvalue weighted by Gasteiger charge is 2.37. The van der Waals surface area contributed by atoms with Gasteiger partial charge in [0.25, 0.3) is 0 Å². The third kappa shape index (κ3) is 5.47. The fraction of sp³-hybridized carbons (Fsp3) is 0.533. The molecule has 1 aromatic rings. The number of halogens is 4. The molecule has 0 aliphatic carbocycles. The van der Waals surface area contributed by atoms with Crippen molar-refractivity contribution in [2.24, 2.45) is 0 Å². The Kier molecular flexibility index (Phi) is 5.22. The summed E-state index contributed by atoms with van der Waals surface area (Å²) in [5.41, 5.74) is -0.610. The van der Waals surface area contributed by atoms with Crippen LogP contribution in [-0.2, 0) is 4.74 Å². The first-order valence-electron chi connectivity index (χ1n) is 7.13.